The topological polar surface area (TPSA) is 15.3 Å². The summed E-state index contributed by atoms with van der Waals surface area (Å²) in [6.45, 7) is 7.64. The van der Waals surface area contributed by atoms with Crippen LogP contribution in [0.1, 0.15) is 46.5 Å². The maximum Gasteiger partial charge on any atom is 0.0438 e. The van der Waals surface area contributed by atoms with Crippen molar-refractivity contribution in [2.75, 3.05) is 20.6 Å². The third-order valence-electron chi connectivity index (χ3n) is 3.86. The van der Waals surface area contributed by atoms with E-state index in [4.69, 9.17) is 0 Å². The first-order chi connectivity index (χ1) is 7.53. The summed E-state index contributed by atoms with van der Waals surface area (Å²) in [7, 11) is 4.46. The fourth-order valence-corrected chi connectivity index (χ4v) is 2.98. The highest BCUT2D eigenvalue weighted by Gasteiger charge is 2.41. The summed E-state index contributed by atoms with van der Waals surface area (Å²) in [6.07, 6.45) is 7.80. The van der Waals surface area contributed by atoms with Crippen molar-refractivity contribution >= 4 is 0 Å². The Morgan fingerprint density at radius 3 is 2.25 bits per heavy atom. The molecule has 0 amide bonds. The van der Waals surface area contributed by atoms with Crippen molar-refractivity contribution in [2.24, 2.45) is 0 Å². The lowest BCUT2D eigenvalue weighted by atomic mass is 9.85. The number of nitrogens with zero attached hydrogens (tertiary/aromatic N) is 1. The lowest BCUT2D eigenvalue weighted by Crippen LogP contribution is -2.56. The zero-order valence-corrected chi connectivity index (χ0v) is 11.6. The molecule has 0 heterocycles. The molecule has 0 aromatic rings. The Kier molecular flexibility index (Phi) is 5.00. The third-order valence-corrected chi connectivity index (χ3v) is 3.86. The van der Waals surface area contributed by atoms with E-state index < -0.39 is 0 Å². The summed E-state index contributed by atoms with van der Waals surface area (Å²) in [5.41, 5.74) is 1.76. The number of allylic oxidation sites excluding steroid dienone is 1. The van der Waals surface area contributed by atoms with Gasteiger partial charge in [-0.3, -0.25) is 0 Å². The monoisotopic (exact) mass is 224 g/mol. The van der Waals surface area contributed by atoms with Crippen molar-refractivity contribution in [3.63, 3.8) is 0 Å². The summed E-state index contributed by atoms with van der Waals surface area (Å²) < 4.78 is 0. The van der Waals surface area contributed by atoms with Gasteiger partial charge in [-0.1, -0.05) is 31.4 Å². The molecule has 0 aromatic heterocycles. The van der Waals surface area contributed by atoms with E-state index in [9.17, 15) is 0 Å². The Balaban J connectivity index is 2.92. The second-order valence-corrected chi connectivity index (χ2v) is 5.48. The molecular formula is C14H28N2. The van der Waals surface area contributed by atoms with Gasteiger partial charge in [0.15, 0.2) is 0 Å². The standard InChI is InChI=1S/C14H28N2/c1-6-15-13(11-12(2)3)14(16(4)5)9-7-8-10-14/h11,13,15H,6-10H2,1-5H3. The highest BCUT2D eigenvalue weighted by atomic mass is 15.2. The molecule has 94 valence electrons. The smallest absolute Gasteiger partial charge is 0.0438 e. The molecule has 1 saturated carbocycles. The van der Waals surface area contributed by atoms with Crippen LogP contribution in [0, 0.1) is 0 Å². The van der Waals surface area contributed by atoms with Gasteiger partial charge in [-0.25, -0.2) is 0 Å². The molecular weight excluding hydrogens is 196 g/mol. The largest absolute Gasteiger partial charge is 0.309 e. The Bertz CT molecular complexity index is 233. The molecule has 0 bridgehead atoms. The second-order valence-electron chi connectivity index (χ2n) is 5.48. The number of hydrogen-bond donors (Lipinski definition) is 1. The average Bonchev–Trinajstić information content (AvgIpc) is 2.66. The predicted octanol–water partition coefficient (Wildman–Crippen LogP) is 2.81. The summed E-state index contributed by atoms with van der Waals surface area (Å²) in [5.74, 6) is 0. The van der Waals surface area contributed by atoms with Gasteiger partial charge in [-0.15, -0.1) is 0 Å². The molecule has 0 aliphatic heterocycles. The van der Waals surface area contributed by atoms with Crippen LogP contribution in [-0.2, 0) is 0 Å². The van der Waals surface area contributed by atoms with Crippen LogP contribution in [0.4, 0.5) is 0 Å². The zero-order valence-electron chi connectivity index (χ0n) is 11.6. The quantitative estimate of drug-likeness (QED) is 0.722. The minimum Gasteiger partial charge on any atom is -0.309 e. The van der Waals surface area contributed by atoms with Crippen LogP contribution in [0.25, 0.3) is 0 Å². The van der Waals surface area contributed by atoms with Gasteiger partial charge in [0.1, 0.15) is 0 Å². The first-order valence-corrected chi connectivity index (χ1v) is 6.59. The summed E-state index contributed by atoms with van der Waals surface area (Å²) in [4.78, 5) is 2.44. The van der Waals surface area contributed by atoms with Gasteiger partial charge in [0.25, 0.3) is 0 Å². The molecule has 2 nitrogen and oxygen atoms in total. The summed E-state index contributed by atoms with van der Waals surface area (Å²) >= 11 is 0. The Morgan fingerprint density at radius 2 is 1.88 bits per heavy atom. The first kappa shape index (κ1) is 13.7. The fraction of sp³-hybridized carbons (Fsp3) is 0.857. The minimum absolute atomic E-state index is 0.341. The van der Waals surface area contributed by atoms with Crippen LogP contribution in [-0.4, -0.2) is 37.1 Å². The summed E-state index contributed by atoms with van der Waals surface area (Å²) in [5, 5.41) is 3.66. The van der Waals surface area contributed by atoms with Crippen molar-refractivity contribution in [1.29, 1.82) is 0 Å². The maximum atomic E-state index is 3.66. The SMILES string of the molecule is CCNC(C=C(C)C)C1(N(C)C)CCCC1. The Labute approximate surface area is 101 Å². The average molecular weight is 224 g/mol. The maximum absolute atomic E-state index is 3.66. The summed E-state index contributed by atoms with van der Waals surface area (Å²) in [6, 6.07) is 0.500. The number of likely N-dealkylation sites (N-methyl/N-ethyl adjacent to an activating group) is 2. The molecule has 0 aromatic carbocycles. The van der Waals surface area contributed by atoms with Crippen LogP contribution < -0.4 is 5.32 Å². The van der Waals surface area contributed by atoms with Crippen molar-refractivity contribution in [3.05, 3.63) is 11.6 Å². The molecule has 1 fully saturated rings. The predicted molar refractivity (Wildman–Crippen MR) is 71.8 cm³/mol. The molecule has 1 atom stereocenters. The molecule has 0 saturated heterocycles. The third kappa shape index (κ3) is 2.86. The van der Waals surface area contributed by atoms with Crippen molar-refractivity contribution in [2.45, 2.75) is 58.0 Å². The van der Waals surface area contributed by atoms with Crippen LogP contribution >= 0.6 is 0 Å². The van der Waals surface area contributed by atoms with Gasteiger partial charge in [0.2, 0.25) is 0 Å². The van der Waals surface area contributed by atoms with Crippen LogP contribution in [0.2, 0.25) is 0 Å². The molecule has 1 N–H and O–H groups in total. The zero-order chi connectivity index (χ0) is 12.2. The van der Waals surface area contributed by atoms with Gasteiger partial charge < -0.3 is 10.2 Å². The highest BCUT2D eigenvalue weighted by molar-refractivity contribution is 5.13. The van der Waals surface area contributed by atoms with Crippen molar-refractivity contribution in [3.8, 4) is 0 Å². The normalized spacial score (nSPS) is 21.1. The Hall–Kier alpha value is -0.340. The number of nitrogens with one attached hydrogen (secondary N) is 1. The van der Waals surface area contributed by atoms with Crippen LogP contribution in [0.15, 0.2) is 11.6 Å². The van der Waals surface area contributed by atoms with Gasteiger partial charge in [-0.2, -0.15) is 0 Å². The first-order valence-electron chi connectivity index (χ1n) is 6.59. The van der Waals surface area contributed by atoms with E-state index in [1.165, 1.54) is 31.3 Å². The molecule has 0 radical (unpaired) electrons. The van der Waals surface area contributed by atoms with E-state index in [1.807, 2.05) is 0 Å². The van der Waals surface area contributed by atoms with E-state index in [2.05, 4.69) is 51.2 Å². The van der Waals surface area contributed by atoms with Crippen LogP contribution in [0.5, 0.6) is 0 Å². The van der Waals surface area contributed by atoms with Gasteiger partial charge in [-0.05, 0) is 47.3 Å². The molecule has 1 aliphatic carbocycles. The number of rotatable bonds is 5. The minimum atomic E-state index is 0.341. The molecule has 16 heavy (non-hydrogen) atoms. The molecule has 0 spiro atoms. The second kappa shape index (κ2) is 5.83. The van der Waals surface area contributed by atoms with Crippen LogP contribution in [0.3, 0.4) is 0 Å². The van der Waals surface area contributed by atoms with E-state index in [-0.39, 0.29) is 0 Å². The van der Waals surface area contributed by atoms with E-state index in [1.54, 1.807) is 0 Å². The van der Waals surface area contributed by atoms with Gasteiger partial charge in [0, 0.05) is 11.6 Å². The fourth-order valence-electron chi connectivity index (χ4n) is 2.98. The Morgan fingerprint density at radius 1 is 1.31 bits per heavy atom. The molecule has 1 unspecified atom stereocenters. The van der Waals surface area contributed by atoms with Gasteiger partial charge >= 0.3 is 0 Å². The molecule has 1 aliphatic rings. The van der Waals surface area contributed by atoms with Crippen molar-refractivity contribution < 1.29 is 0 Å². The van der Waals surface area contributed by atoms with Crippen molar-refractivity contribution in [1.82, 2.24) is 10.2 Å². The highest BCUT2D eigenvalue weighted by Crippen LogP contribution is 2.37. The van der Waals surface area contributed by atoms with E-state index >= 15 is 0 Å². The molecule has 2 heteroatoms. The van der Waals surface area contributed by atoms with Gasteiger partial charge in [0.05, 0.1) is 0 Å². The van der Waals surface area contributed by atoms with E-state index in [0.29, 0.717) is 11.6 Å². The lowest BCUT2D eigenvalue weighted by Gasteiger charge is -2.42. The molecule has 1 rings (SSSR count). The van der Waals surface area contributed by atoms with E-state index in [0.717, 1.165) is 6.54 Å². The lowest BCUT2D eigenvalue weighted by molar-refractivity contribution is 0.125. The number of hydrogen-bond acceptors (Lipinski definition) is 2.